The molecule has 0 aliphatic carbocycles. The number of benzene rings is 1. The van der Waals surface area contributed by atoms with E-state index in [4.69, 9.17) is 0 Å². The fourth-order valence-corrected chi connectivity index (χ4v) is 0.849. The minimum Gasteiger partial charge on any atom is -0.103 e. The van der Waals surface area contributed by atoms with Crippen molar-refractivity contribution in [2.24, 2.45) is 0 Å². The number of rotatable bonds is 1. The third-order valence-corrected chi connectivity index (χ3v) is 1.39. The van der Waals surface area contributed by atoms with Crippen molar-refractivity contribution in [3.8, 4) is 11.8 Å². The second-order valence-corrected chi connectivity index (χ2v) is 2.27. The SMILES string of the molecule is [CH2]CC#CCc1ccccc1. The van der Waals surface area contributed by atoms with Gasteiger partial charge in [-0.15, -0.1) is 5.92 Å². The molecule has 0 spiro atoms. The molecule has 0 fully saturated rings. The summed E-state index contributed by atoms with van der Waals surface area (Å²) in [6.07, 6.45) is 1.54. The third-order valence-electron chi connectivity index (χ3n) is 1.39. The molecule has 0 nitrogen and oxygen atoms in total. The minimum absolute atomic E-state index is 0.701. The van der Waals surface area contributed by atoms with Crippen molar-refractivity contribution in [1.29, 1.82) is 0 Å². The van der Waals surface area contributed by atoms with Crippen molar-refractivity contribution < 1.29 is 0 Å². The van der Waals surface area contributed by atoms with Crippen molar-refractivity contribution in [3.63, 3.8) is 0 Å². The molecule has 0 saturated carbocycles. The Hall–Kier alpha value is -1.22. The molecule has 0 heterocycles. The fraction of sp³-hybridized carbons (Fsp3) is 0.182. The summed E-state index contributed by atoms with van der Waals surface area (Å²) in [6.45, 7) is 3.64. The molecule has 0 aromatic heterocycles. The predicted molar refractivity (Wildman–Crippen MR) is 47.9 cm³/mol. The number of hydrogen-bond donors (Lipinski definition) is 0. The van der Waals surface area contributed by atoms with Gasteiger partial charge in [0.25, 0.3) is 0 Å². The van der Waals surface area contributed by atoms with Gasteiger partial charge < -0.3 is 0 Å². The zero-order valence-corrected chi connectivity index (χ0v) is 6.51. The van der Waals surface area contributed by atoms with E-state index in [1.165, 1.54) is 5.56 Å². The van der Waals surface area contributed by atoms with Gasteiger partial charge >= 0.3 is 0 Å². The Labute approximate surface area is 68.3 Å². The maximum atomic E-state index is 3.64. The Balaban J connectivity index is 2.52. The average Bonchev–Trinajstić information content (AvgIpc) is 2.07. The summed E-state index contributed by atoms with van der Waals surface area (Å²) in [4.78, 5) is 0. The van der Waals surface area contributed by atoms with E-state index in [1.807, 2.05) is 18.2 Å². The van der Waals surface area contributed by atoms with E-state index in [0.29, 0.717) is 6.42 Å². The first kappa shape index (κ1) is 7.88. The van der Waals surface area contributed by atoms with Crippen LogP contribution >= 0.6 is 0 Å². The number of hydrogen-bond acceptors (Lipinski definition) is 0. The zero-order valence-electron chi connectivity index (χ0n) is 6.51. The lowest BCUT2D eigenvalue weighted by atomic mass is 10.2. The van der Waals surface area contributed by atoms with Gasteiger partial charge in [-0.3, -0.25) is 0 Å². The van der Waals surface area contributed by atoms with Crippen LogP contribution in [0, 0.1) is 18.8 Å². The lowest BCUT2D eigenvalue weighted by molar-refractivity contribution is 1.31. The summed E-state index contributed by atoms with van der Waals surface area (Å²) >= 11 is 0. The van der Waals surface area contributed by atoms with Gasteiger partial charge in [0, 0.05) is 12.8 Å². The third kappa shape index (κ3) is 2.91. The Morgan fingerprint density at radius 3 is 2.45 bits per heavy atom. The van der Waals surface area contributed by atoms with Crippen LogP contribution in [-0.2, 0) is 6.42 Å². The second kappa shape index (κ2) is 4.57. The Morgan fingerprint density at radius 2 is 1.82 bits per heavy atom. The molecule has 0 N–H and O–H groups in total. The van der Waals surface area contributed by atoms with E-state index in [9.17, 15) is 0 Å². The summed E-state index contributed by atoms with van der Waals surface area (Å²) in [7, 11) is 0. The quantitative estimate of drug-likeness (QED) is 0.530. The van der Waals surface area contributed by atoms with Crippen LogP contribution in [0.2, 0.25) is 0 Å². The van der Waals surface area contributed by atoms with Crippen LogP contribution < -0.4 is 0 Å². The molecule has 1 aromatic carbocycles. The maximum Gasteiger partial charge on any atom is 0.0340 e. The van der Waals surface area contributed by atoms with Gasteiger partial charge in [0.1, 0.15) is 0 Å². The van der Waals surface area contributed by atoms with Crippen LogP contribution in [0.1, 0.15) is 12.0 Å². The summed E-state index contributed by atoms with van der Waals surface area (Å²) in [5.74, 6) is 5.97. The molecule has 0 bridgehead atoms. The van der Waals surface area contributed by atoms with Crippen LogP contribution in [-0.4, -0.2) is 0 Å². The van der Waals surface area contributed by atoms with E-state index in [1.54, 1.807) is 0 Å². The zero-order chi connectivity index (χ0) is 7.94. The normalized spacial score (nSPS) is 8.45. The van der Waals surface area contributed by atoms with Gasteiger partial charge in [0.15, 0.2) is 0 Å². The van der Waals surface area contributed by atoms with Crippen LogP contribution in [0.4, 0.5) is 0 Å². The molecule has 1 rings (SSSR count). The van der Waals surface area contributed by atoms with Gasteiger partial charge in [0.05, 0.1) is 0 Å². The Morgan fingerprint density at radius 1 is 1.09 bits per heavy atom. The van der Waals surface area contributed by atoms with E-state index in [0.717, 1.165) is 6.42 Å². The van der Waals surface area contributed by atoms with Gasteiger partial charge in [-0.25, -0.2) is 0 Å². The highest BCUT2D eigenvalue weighted by atomic mass is 13.9. The van der Waals surface area contributed by atoms with Gasteiger partial charge in [0.2, 0.25) is 0 Å². The van der Waals surface area contributed by atoms with Crippen molar-refractivity contribution in [3.05, 3.63) is 42.8 Å². The first-order valence-corrected chi connectivity index (χ1v) is 3.72. The molecule has 0 unspecified atom stereocenters. The van der Waals surface area contributed by atoms with Crippen molar-refractivity contribution in [2.45, 2.75) is 12.8 Å². The highest BCUT2D eigenvalue weighted by Crippen LogP contribution is 1.97. The molecule has 1 radical (unpaired) electrons. The van der Waals surface area contributed by atoms with E-state index in [2.05, 4.69) is 30.9 Å². The molecular weight excluding hydrogens is 132 g/mol. The first-order valence-electron chi connectivity index (χ1n) is 3.72. The molecule has 0 saturated heterocycles. The molecule has 0 aliphatic heterocycles. The summed E-state index contributed by atoms with van der Waals surface area (Å²) in [6, 6.07) is 10.2. The highest BCUT2D eigenvalue weighted by Gasteiger charge is 1.83. The predicted octanol–water partition coefficient (Wildman–Crippen LogP) is 2.46. The molecule has 55 valence electrons. The van der Waals surface area contributed by atoms with Gasteiger partial charge in [-0.2, -0.15) is 0 Å². The second-order valence-electron chi connectivity index (χ2n) is 2.27. The van der Waals surface area contributed by atoms with Crippen molar-refractivity contribution in [2.75, 3.05) is 0 Å². The molecule has 0 amide bonds. The van der Waals surface area contributed by atoms with Crippen LogP contribution in [0.15, 0.2) is 30.3 Å². The molecule has 0 atom stereocenters. The molecule has 1 aromatic rings. The minimum atomic E-state index is 0.701. The Bertz CT molecular complexity index is 248. The van der Waals surface area contributed by atoms with E-state index < -0.39 is 0 Å². The monoisotopic (exact) mass is 143 g/mol. The van der Waals surface area contributed by atoms with E-state index >= 15 is 0 Å². The average molecular weight is 143 g/mol. The fourth-order valence-electron chi connectivity index (χ4n) is 0.849. The van der Waals surface area contributed by atoms with Crippen LogP contribution in [0.5, 0.6) is 0 Å². The van der Waals surface area contributed by atoms with Crippen molar-refractivity contribution in [1.82, 2.24) is 0 Å². The largest absolute Gasteiger partial charge is 0.103 e. The first-order chi connectivity index (χ1) is 5.43. The lowest BCUT2D eigenvalue weighted by Gasteiger charge is -1.90. The summed E-state index contributed by atoms with van der Waals surface area (Å²) in [5.41, 5.74) is 1.27. The maximum absolute atomic E-state index is 3.64. The van der Waals surface area contributed by atoms with Crippen LogP contribution in [0.3, 0.4) is 0 Å². The standard InChI is InChI=1S/C11H11/c1-2-3-5-8-11-9-6-4-7-10-11/h4,6-7,9-10H,1-2,8H2. The molecular formula is C11H11. The lowest BCUT2D eigenvalue weighted by Crippen LogP contribution is -1.78. The molecule has 0 aliphatic rings. The van der Waals surface area contributed by atoms with E-state index in [-0.39, 0.29) is 0 Å². The van der Waals surface area contributed by atoms with Crippen molar-refractivity contribution >= 4 is 0 Å². The van der Waals surface area contributed by atoms with Gasteiger partial charge in [-0.1, -0.05) is 36.3 Å². The summed E-state index contributed by atoms with van der Waals surface area (Å²) < 4.78 is 0. The highest BCUT2D eigenvalue weighted by molar-refractivity contribution is 5.20. The smallest absolute Gasteiger partial charge is 0.0340 e. The Kier molecular flexibility index (Phi) is 3.28. The van der Waals surface area contributed by atoms with Gasteiger partial charge in [-0.05, 0) is 12.5 Å². The summed E-state index contributed by atoms with van der Waals surface area (Å²) in [5, 5.41) is 0. The molecule has 0 heteroatoms. The van der Waals surface area contributed by atoms with Crippen LogP contribution in [0.25, 0.3) is 0 Å². The molecule has 11 heavy (non-hydrogen) atoms. The topological polar surface area (TPSA) is 0 Å².